The number of hydrogen-bond acceptors (Lipinski definition) is 3. The highest BCUT2D eigenvalue weighted by Crippen LogP contribution is 2.48. The van der Waals surface area contributed by atoms with Crippen molar-refractivity contribution in [2.75, 3.05) is 0 Å². The van der Waals surface area contributed by atoms with Crippen LogP contribution >= 0.6 is 11.3 Å². The molecule has 1 fully saturated rings. The molecule has 2 N–H and O–H groups in total. The highest BCUT2D eigenvalue weighted by atomic mass is 32.1. The number of thiophene rings is 1. The van der Waals surface area contributed by atoms with Gasteiger partial charge in [-0.05, 0) is 76.9 Å². The third-order valence-corrected chi connectivity index (χ3v) is 7.93. The highest BCUT2D eigenvalue weighted by Gasteiger charge is 2.51. The average molecular weight is 469 g/mol. The molecule has 3 aromatic carbocycles. The number of rotatable bonds is 9. The molecule has 4 heteroatoms. The fourth-order valence-corrected chi connectivity index (χ4v) is 5.61. The van der Waals surface area contributed by atoms with Gasteiger partial charge in [0.25, 0.3) is 0 Å². The number of benzene rings is 3. The normalized spacial score (nSPS) is 15.1. The predicted octanol–water partition coefficient (Wildman–Crippen LogP) is 7.25. The molecule has 1 atom stereocenters. The summed E-state index contributed by atoms with van der Waals surface area (Å²) in [5.74, 6) is -0.724. The smallest absolute Gasteiger partial charge is 0.314 e. The summed E-state index contributed by atoms with van der Waals surface area (Å²) < 4.78 is 0. The number of carbonyl (C=O) groups is 1. The zero-order chi connectivity index (χ0) is 23.5. The van der Waals surface area contributed by atoms with Gasteiger partial charge in [-0.15, -0.1) is 11.3 Å². The summed E-state index contributed by atoms with van der Waals surface area (Å²) in [6.45, 7) is 0. The first kappa shape index (κ1) is 22.6. The summed E-state index contributed by atoms with van der Waals surface area (Å²) in [6.07, 6.45) is 3.63. The topological polar surface area (TPSA) is 57.5 Å². The van der Waals surface area contributed by atoms with Crippen LogP contribution in [0.1, 0.15) is 47.8 Å². The van der Waals surface area contributed by atoms with Crippen LogP contribution in [0.2, 0.25) is 0 Å². The van der Waals surface area contributed by atoms with Crippen molar-refractivity contribution in [2.45, 2.75) is 43.6 Å². The van der Waals surface area contributed by atoms with Crippen molar-refractivity contribution in [3.05, 3.63) is 106 Å². The summed E-state index contributed by atoms with van der Waals surface area (Å²) in [5, 5.41) is 22.4. The van der Waals surface area contributed by atoms with Crippen LogP contribution in [0.15, 0.2) is 90.3 Å². The zero-order valence-electron chi connectivity index (χ0n) is 19.0. The van der Waals surface area contributed by atoms with Gasteiger partial charge in [0.05, 0.1) is 11.5 Å². The second-order valence-electron chi connectivity index (χ2n) is 9.13. The Kier molecular flexibility index (Phi) is 6.36. The molecule has 0 radical (unpaired) electrons. The molecule has 1 aromatic heterocycles. The molecule has 0 saturated heterocycles. The van der Waals surface area contributed by atoms with E-state index in [4.69, 9.17) is 0 Å². The molecule has 1 unspecified atom stereocenters. The predicted molar refractivity (Wildman–Crippen MR) is 138 cm³/mol. The van der Waals surface area contributed by atoms with Gasteiger partial charge in [0.15, 0.2) is 0 Å². The first-order valence-electron chi connectivity index (χ1n) is 11.8. The lowest BCUT2D eigenvalue weighted by Crippen LogP contribution is -2.19. The molecule has 1 heterocycles. The van der Waals surface area contributed by atoms with E-state index in [1.165, 1.54) is 5.56 Å². The van der Waals surface area contributed by atoms with Crippen LogP contribution in [0.3, 0.4) is 0 Å². The minimum atomic E-state index is -0.724. The number of hydrogen-bond donors (Lipinski definition) is 2. The number of aliphatic hydroxyl groups is 1. The van der Waals surface area contributed by atoms with Gasteiger partial charge in [-0.3, -0.25) is 4.79 Å². The van der Waals surface area contributed by atoms with Crippen LogP contribution in [0, 0.1) is 0 Å². The quantitative estimate of drug-likeness (QED) is 0.272. The van der Waals surface area contributed by atoms with E-state index in [0.717, 1.165) is 64.8 Å². The molecular weight excluding hydrogens is 440 g/mol. The van der Waals surface area contributed by atoms with E-state index in [9.17, 15) is 15.0 Å². The van der Waals surface area contributed by atoms with Crippen molar-refractivity contribution in [3.8, 4) is 22.3 Å². The summed E-state index contributed by atoms with van der Waals surface area (Å²) >= 11 is 1.61. The minimum Gasteiger partial charge on any atom is -0.481 e. The molecule has 0 aliphatic heterocycles. The first-order chi connectivity index (χ1) is 16.6. The Balaban J connectivity index is 1.26. The van der Waals surface area contributed by atoms with Gasteiger partial charge in [0, 0.05) is 4.88 Å². The maximum atomic E-state index is 11.6. The minimum absolute atomic E-state index is 0.463. The third kappa shape index (κ3) is 4.56. The van der Waals surface area contributed by atoms with Crippen LogP contribution in [0.4, 0.5) is 0 Å². The molecule has 34 heavy (non-hydrogen) atoms. The molecule has 5 rings (SSSR count). The SMILES string of the molecule is O=C(O)C1(c2ccc(-c3ccc(-c4ccsc4C(O)CCCc4ccccc4)cc3)cc2)CC1. The van der Waals surface area contributed by atoms with Gasteiger partial charge < -0.3 is 10.2 Å². The summed E-state index contributed by atoms with van der Waals surface area (Å²) in [6, 6.07) is 28.8. The van der Waals surface area contributed by atoms with E-state index in [1.54, 1.807) is 11.3 Å². The second-order valence-corrected chi connectivity index (χ2v) is 10.1. The summed E-state index contributed by atoms with van der Waals surface area (Å²) in [7, 11) is 0. The summed E-state index contributed by atoms with van der Waals surface area (Å²) in [4.78, 5) is 12.6. The molecule has 0 bridgehead atoms. The fraction of sp³-hybridized carbons (Fsp3) is 0.233. The Morgan fingerprint density at radius 3 is 2.09 bits per heavy atom. The van der Waals surface area contributed by atoms with Crippen molar-refractivity contribution in [3.63, 3.8) is 0 Å². The molecule has 172 valence electrons. The lowest BCUT2D eigenvalue weighted by atomic mass is 9.93. The van der Waals surface area contributed by atoms with Gasteiger partial charge in [-0.2, -0.15) is 0 Å². The number of aryl methyl sites for hydroxylation is 1. The monoisotopic (exact) mass is 468 g/mol. The number of carboxylic acids is 1. The largest absolute Gasteiger partial charge is 0.481 e. The van der Waals surface area contributed by atoms with Crippen molar-refractivity contribution in [2.24, 2.45) is 0 Å². The van der Waals surface area contributed by atoms with Gasteiger partial charge in [-0.1, -0.05) is 78.9 Å². The number of aliphatic carboxylic acids is 1. The molecule has 3 nitrogen and oxygen atoms in total. The van der Waals surface area contributed by atoms with Gasteiger partial charge in [-0.25, -0.2) is 0 Å². The molecule has 1 aliphatic rings. The van der Waals surface area contributed by atoms with Gasteiger partial charge in [0.1, 0.15) is 0 Å². The Morgan fingerprint density at radius 1 is 0.853 bits per heavy atom. The molecular formula is C30H28O3S. The number of aliphatic hydroxyl groups excluding tert-OH is 1. The van der Waals surface area contributed by atoms with E-state index in [1.807, 2.05) is 35.7 Å². The van der Waals surface area contributed by atoms with E-state index in [-0.39, 0.29) is 0 Å². The molecule has 0 amide bonds. The van der Waals surface area contributed by atoms with Crippen molar-refractivity contribution < 1.29 is 15.0 Å². The molecule has 1 saturated carbocycles. The van der Waals surface area contributed by atoms with E-state index < -0.39 is 17.5 Å². The Morgan fingerprint density at radius 2 is 1.47 bits per heavy atom. The van der Waals surface area contributed by atoms with Crippen LogP contribution < -0.4 is 0 Å². The Bertz CT molecular complexity index is 1250. The van der Waals surface area contributed by atoms with E-state index in [2.05, 4.69) is 54.6 Å². The lowest BCUT2D eigenvalue weighted by molar-refractivity contribution is -0.140. The van der Waals surface area contributed by atoms with E-state index in [0.29, 0.717) is 0 Å². The third-order valence-electron chi connectivity index (χ3n) is 6.91. The average Bonchev–Trinajstić information content (AvgIpc) is 3.55. The Labute approximate surface area is 204 Å². The molecule has 4 aromatic rings. The van der Waals surface area contributed by atoms with Crippen molar-refractivity contribution >= 4 is 17.3 Å². The standard InChI is InChI=1S/C30H28O3S/c31-27(8-4-7-21-5-2-1-3-6-21)28-26(17-20-34-28)24-11-9-22(10-12-24)23-13-15-25(16-14-23)30(18-19-30)29(32)33/h1-3,5-6,9-17,20,27,31H,4,7-8,18-19H2,(H,32,33). The van der Waals surface area contributed by atoms with Crippen LogP contribution in [-0.4, -0.2) is 16.2 Å². The Hall–Kier alpha value is -3.21. The first-order valence-corrected chi connectivity index (χ1v) is 12.7. The van der Waals surface area contributed by atoms with Crippen molar-refractivity contribution in [1.29, 1.82) is 0 Å². The van der Waals surface area contributed by atoms with Crippen LogP contribution in [-0.2, 0) is 16.6 Å². The molecule has 1 aliphatic carbocycles. The highest BCUT2D eigenvalue weighted by molar-refractivity contribution is 7.10. The second kappa shape index (κ2) is 9.57. The van der Waals surface area contributed by atoms with Gasteiger partial charge >= 0.3 is 5.97 Å². The maximum Gasteiger partial charge on any atom is 0.314 e. The summed E-state index contributed by atoms with van der Waals surface area (Å²) in [5.41, 5.74) is 5.89. The fourth-order valence-electron chi connectivity index (χ4n) is 4.67. The van der Waals surface area contributed by atoms with E-state index >= 15 is 0 Å². The van der Waals surface area contributed by atoms with Crippen LogP contribution in [0.5, 0.6) is 0 Å². The van der Waals surface area contributed by atoms with Crippen LogP contribution in [0.25, 0.3) is 22.3 Å². The number of carboxylic acid groups (broad SMARTS) is 1. The maximum absolute atomic E-state index is 11.6. The zero-order valence-corrected chi connectivity index (χ0v) is 19.8. The lowest BCUT2D eigenvalue weighted by Gasteiger charge is -2.13. The van der Waals surface area contributed by atoms with Gasteiger partial charge in [0.2, 0.25) is 0 Å². The molecule has 0 spiro atoms. The van der Waals surface area contributed by atoms with Crippen molar-refractivity contribution in [1.82, 2.24) is 0 Å².